The predicted octanol–water partition coefficient (Wildman–Crippen LogP) is 4.44. The molecule has 1 fully saturated rings. The fourth-order valence-electron chi connectivity index (χ4n) is 4.39. The molecular formula is C25H33FN6O. The first-order chi connectivity index (χ1) is 16.0. The molecule has 0 unspecified atom stereocenters. The maximum Gasteiger partial charge on any atom is 0.222 e. The molecule has 0 aliphatic carbocycles. The number of nitrogens with zero attached hydrogens (tertiary/aromatic N) is 6. The van der Waals surface area contributed by atoms with Gasteiger partial charge in [0.15, 0.2) is 5.65 Å². The zero-order chi connectivity index (χ0) is 23.4. The number of hydrogen-bond donors (Lipinski definition) is 0. The van der Waals surface area contributed by atoms with Crippen molar-refractivity contribution in [2.75, 3.05) is 31.1 Å². The quantitative estimate of drug-likeness (QED) is 0.530. The minimum Gasteiger partial charge on any atom is -0.354 e. The van der Waals surface area contributed by atoms with Gasteiger partial charge in [0.1, 0.15) is 17.5 Å². The molecule has 1 aliphatic rings. The highest BCUT2D eigenvalue weighted by molar-refractivity contribution is 5.91. The molecule has 0 atom stereocenters. The van der Waals surface area contributed by atoms with Crippen LogP contribution in [0.1, 0.15) is 57.5 Å². The van der Waals surface area contributed by atoms with Crippen LogP contribution in [0.15, 0.2) is 24.3 Å². The highest BCUT2D eigenvalue weighted by atomic mass is 19.1. The molecule has 0 bridgehead atoms. The summed E-state index contributed by atoms with van der Waals surface area (Å²) in [7, 11) is 0. The van der Waals surface area contributed by atoms with Crippen molar-refractivity contribution in [3.8, 4) is 5.69 Å². The Kier molecular flexibility index (Phi) is 7.20. The molecule has 8 heteroatoms. The Morgan fingerprint density at radius 2 is 1.82 bits per heavy atom. The number of carbonyl (C=O) groups excluding carboxylic acids is 1. The Balaban J connectivity index is 1.75. The van der Waals surface area contributed by atoms with E-state index < -0.39 is 0 Å². The second-order valence-electron chi connectivity index (χ2n) is 8.71. The summed E-state index contributed by atoms with van der Waals surface area (Å²) in [4.78, 5) is 26.6. The summed E-state index contributed by atoms with van der Waals surface area (Å²) in [5, 5.41) is 5.68. The van der Waals surface area contributed by atoms with Gasteiger partial charge in [-0.05, 0) is 50.5 Å². The fourth-order valence-corrected chi connectivity index (χ4v) is 4.39. The lowest BCUT2D eigenvalue weighted by atomic mass is 10.2. The number of aromatic nitrogens is 4. The van der Waals surface area contributed by atoms with Crippen LogP contribution in [0.25, 0.3) is 16.7 Å². The normalized spacial score (nSPS) is 14.7. The second-order valence-corrected chi connectivity index (χ2v) is 8.71. The third-order valence-corrected chi connectivity index (χ3v) is 6.17. The van der Waals surface area contributed by atoms with E-state index in [2.05, 4.69) is 11.8 Å². The van der Waals surface area contributed by atoms with Crippen LogP contribution in [0.3, 0.4) is 0 Å². The Morgan fingerprint density at radius 1 is 1.03 bits per heavy atom. The van der Waals surface area contributed by atoms with Crippen LogP contribution in [-0.2, 0) is 11.2 Å². The third-order valence-electron chi connectivity index (χ3n) is 6.17. The summed E-state index contributed by atoms with van der Waals surface area (Å²) in [5.41, 5.74) is 2.36. The number of carbonyl (C=O) groups is 1. The molecule has 0 radical (unpaired) electrons. The lowest BCUT2D eigenvalue weighted by Gasteiger charge is -2.24. The molecule has 33 heavy (non-hydrogen) atoms. The van der Waals surface area contributed by atoms with Crippen LogP contribution in [0.2, 0.25) is 0 Å². The molecule has 0 N–H and O–H groups in total. The number of fused-ring (bicyclic) bond motifs is 1. The van der Waals surface area contributed by atoms with Crippen LogP contribution < -0.4 is 4.90 Å². The zero-order valence-corrected chi connectivity index (χ0v) is 19.8. The molecule has 7 nitrogen and oxygen atoms in total. The van der Waals surface area contributed by atoms with Gasteiger partial charge in [0.25, 0.3) is 0 Å². The van der Waals surface area contributed by atoms with Gasteiger partial charge in [-0.1, -0.05) is 20.3 Å². The summed E-state index contributed by atoms with van der Waals surface area (Å²) < 4.78 is 15.3. The predicted molar refractivity (Wildman–Crippen MR) is 128 cm³/mol. The summed E-state index contributed by atoms with van der Waals surface area (Å²) in [6, 6.07) is 6.32. The maximum atomic E-state index is 13.5. The maximum absolute atomic E-state index is 13.5. The number of rotatable bonds is 7. The molecule has 0 spiro atoms. The molecule has 3 aromatic rings. The van der Waals surface area contributed by atoms with Gasteiger partial charge in [-0.25, -0.2) is 19.0 Å². The van der Waals surface area contributed by atoms with E-state index in [0.29, 0.717) is 13.0 Å². The van der Waals surface area contributed by atoms with E-state index in [4.69, 9.17) is 15.1 Å². The van der Waals surface area contributed by atoms with Crippen molar-refractivity contribution in [3.05, 3.63) is 41.6 Å². The van der Waals surface area contributed by atoms with Crippen LogP contribution in [-0.4, -0.2) is 56.7 Å². The minimum atomic E-state index is -0.280. The van der Waals surface area contributed by atoms with E-state index in [1.165, 1.54) is 12.1 Å². The van der Waals surface area contributed by atoms with Crippen molar-refractivity contribution in [2.45, 2.75) is 59.3 Å². The van der Waals surface area contributed by atoms with Crippen molar-refractivity contribution in [2.24, 2.45) is 0 Å². The first-order valence-electron chi connectivity index (χ1n) is 12.1. The molecule has 4 rings (SSSR count). The molecule has 1 aliphatic heterocycles. The van der Waals surface area contributed by atoms with Gasteiger partial charge in [0.05, 0.1) is 16.8 Å². The molecule has 1 aromatic carbocycles. The lowest BCUT2D eigenvalue weighted by Crippen LogP contribution is -2.35. The summed E-state index contributed by atoms with van der Waals surface area (Å²) in [6.45, 7) is 9.20. The van der Waals surface area contributed by atoms with E-state index in [1.807, 2.05) is 18.7 Å². The van der Waals surface area contributed by atoms with Crippen LogP contribution in [0.4, 0.5) is 10.2 Å². The summed E-state index contributed by atoms with van der Waals surface area (Å²) in [5.74, 6) is 1.64. The number of halogens is 1. The van der Waals surface area contributed by atoms with Crippen LogP contribution >= 0.6 is 0 Å². The van der Waals surface area contributed by atoms with E-state index in [-0.39, 0.29) is 11.7 Å². The zero-order valence-electron chi connectivity index (χ0n) is 19.8. The van der Waals surface area contributed by atoms with Gasteiger partial charge < -0.3 is 9.80 Å². The molecule has 3 heterocycles. The molecule has 176 valence electrons. The van der Waals surface area contributed by atoms with Gasteiger partial charge in [0, 0.05) is 39.0 Å². The van der Waals surface area contributed by atoms with E-state index >= 15 is 0 Å². The number of unbranched alkanes of at least 4 members (excludes halogenated alkanes) is 1. The van der Waals surface area contributed by atoms with E-state index in [1.54, 1.807) is 16.8 Å². The first kappa shape index (κ1) is 23.1. The van der Waals surface area contributed by atoms with Gasteiger partial charge in [0.2, 0.25) is 5.91 Å². The molecule has 1 amide bonds. The Bertz CT molecular complexity index is 1110. The minimum absolute atomic E-state index is 0.233. The van der Waals surface area contributed by atoms with E-state index in [9.17, 15) is 9.18 Å². The Labute approximate surface area is 194 Å². The summed E-state index contributed by atoms with van der Waals surface area (Å²) in [6.07, 6.45) is 5.23. The van der Waals surface area contributed by atoms with Gasteiger partial charge in [-0.15, -0.1) is 0 Å². The third kappa shape index (κ3) is 4.99. The SMILES string of the molecule is CCCCc1nc(N2CCCN(C(=O)CCC)CC2)c2c(C)nn(-c3ccc(F)cc3)c2n1. The topological polar surface area (TPSA) is 67.2 Å². The van der Waals surface area contributed by atoms with Crippen LogP contribution in [0.5, 0.6) is 0 Å². The summed E-state index contributed by atoms with van der Waals surface area (Å²) >= 11 is 0. The van der Waals surface area contributed by atoms with Crippen molar-refractivity contribution in [3.63, 3.8) is 0 Å². The van der Waals surface area contributed by atoms with Crippen molar-refractivity contribution >= 4 is 22.8 Å². The number of anilines is 1. The Morgan fingerprint density at radius 3 is 2.55 bits per heavy atom. The first-order valence-corrected chi connectivity index (χ1v) is 12.1. The average Bonchev–Trinajstić information content (AvgIpc) is 2.98. The average molecular weight is 453 g/mol. The largest absolute Gasteiger partial charge is 0.354 e. The smallest absolute Gasteiger partial charge is 0.222 e. The molecule has 0 saturated carbocycles. The monoisotopic (exact) mass is 452 g/mol. The Hall–Kier alpha value is -3.03. The highest BCUT2D eigenvalue weighted by Gasteiger charge is 2.24. The van der Waals surface area contributed by atoms with Gasteiger partial charge in [-0.3, -0.25) is 4.79 Å². The van der Waals surface area contributed by atoms with E-state index in [0.717, 1.165) is 85.8 Å². The molecule has 1 saturated heterocycles. The van der Waals surface area contributed by atoms with Crippen LogP contribution in [0, 0.1) is 12.7 Å². The number of hydrogen-bond acceptors (Lipinski definition) is 5. The highest BCUT2D eigenvalue weighted by Crippen LogP contribution is 2.30. The number of amides is 1. The van der Waals surface area contributed by atoms with Crippen molar-refractivity contribution in [1.29, 1.82) is 0 Å². The van der Waals surface area contributed by atoms with Crippen molar-refractivity contribution < 1.29 is 9.18 Å². The molecule has 2 aromatic heterocycles. The number of benzene rings is 1. The van der Waals surface area contributed by atoms with Gasteiger partial charge in [-0.2, -0.15) is 5.10 Å². The lowest BCUT2D eigenvalue weighted by molar-refractivity contribution is -0.131. The fraction of sp³-hybridized carbons (Fsp3) is 0.520. The molecular weight excluding hydrogens is 419 g/mol. The standard InChI is InChI=1S/C25H33FN6O/c1-4-6-9-21-27-24(31-15-7-14-30(16-17-31)22(33)8-5-2)23-18(3)29-32(25(23)28-21)20-12-10-19(26)11-13-20/h10-13H,4-9,14-17H2,1-3H3. The second kappa shape index (κ2) is 10.3. The van der Waals surface area contributed by atoms with Crippen molar-refractivity contribution in [1.82, 2.24) is 24.6 Å². The van der Waals surface area contributed by atoms with Gasteiger partial charge >= 0.3 is 0 Å². The number of aryl methyl sites for hydroxylation is 2.